The van der Waals surface area contributed by atoms with Crippen molar-refractivity contribution >= 4 is 23.7 Å². The summed E-state index contributed by atoms with van der Waals surface area (Å²) in [5, 5.41) is 9.66. The van der Waals surface area contributed by atoms with Crippen LogP contribution in [-0.2, 0) is 11.3 Å². The van der Waals surface area contributed by atoms with Gasteiger partial charge in [-0.1, -0.05) is 43.0 Å². The standard InChI is InChI=1S/C27H32F3N5.CH2O2/c1-35(25(21-12-13-21)20-7-3-2-4-8-20)18-19-10-14-22(15-11-19)33-23(17-31)26(27(28,29)30)34-24-9-5-6-16-32-24;2-1-3/h5-6,9-11,14-17,20,33H,2-4,7-8,12-13,18,31H2,1H3;1H,(H,2,3)/b23-17+,34-26-;. The van der Waals surface area contributed by atoms with Gasteiger partial charge in [0.25, 0.3) is 6.47 Å². The Morgan fingerprint density at radius 2 is 1.82 bits per heavy atom. The van der Waals surface area contributed by atoms with Gasteiger partial charge < -0.3 is 21.1 Å². The highest BCUT2D eigenvalue weighted by molar-refractivity contribution is 6.07. The lowest BCUT2D eigenvalue weighted by Crippen LogP contribution is -2.29. The molecule has 2 aromatic rings. The van der Waals surface area contributed by atoms with Gasteiger partial charge in [0.05, 0.1) is 5.70 Å². The summed E-state index contributed by atoms with van der Waals surface area (Å²) >= 11 is 0. The number of nitrogens with one attached hydrogen (secondary N) is 1. The van der Waals surface area contributed by atoms with Crippen LogP contribution in [0.1, 0.15) is 50.5 Å². The number of allylic oxidation sites excluding steroid dienone is 3. The highest BCUT2D eigenvalue weighted by atomic mass is 19.4. The minimum Gasteiger partial charge on any atom is -0.483 e. The van der Waals surface area contributed by atoms with Crippen LogP contribution in [0.25, 0.3) is 0 Å². The third-order valence-electron chi connectivity index (χ3n) is 6.48. The van der Waals surface area contributed by atoms with Gasteiger partial charge in [-0.25, -0.2) is 9.98 Å². The van der Waals surface area contributed by atoms with Crippen molar-refractivity contribution in [3.8, 4) is 0 Å². The summed E-state index contributed by atoms with van der Waals surface area (Å²) in [7, 11) is 2.15. The number of hydrogen-bond acceptors (Lipinski definition) is 6. The molecule has 0 aliphatic heterocycles. The molecule has 10 heteroatoms. The predicted molar refractivity (Wildman–Crippen MR) is 143 cm³/mol. The summed E-state index contributed by atoms with van der Waals surface area (Å²) in [6.45, 7) is 0.518. The molecule has 0 spiro atoms. The summed E-state index contributed by atoms with van der Waals surface area (Å²) in [4.78, 5) is 18.3. The molecule has 7 nitrogen and oxygen atoms in total. The molecule has 0 saturated heterocycles. The number of benzene rings is 1. The first-order valence-electron chi connectivity index (χ1n) is 12.6. The van der Waals surface area contributed by atoms with Gasteiger partial charge in [0, 0.05) is 37.4 Å². The zero-order chi connectivity index (χ0) is 27.5. The Hall–Kier alpha value is -3.82. The van der Waals surface area contributed by atoms with Gasteiger partial charge >= 0.3 is 6.18 Å². The third kappa shape index (κ3) is 8.36. The van der Waals surface area contributed by atoms with E-state index in [2.05, 4.69) is 27.2 Å². The molecule has 0 atom stereocenters. The van der Waals surface area contributed by atoms with Crippen molar-refractivity contribution in [1.82, 2.24) is 9.88 Å². The van der Waals surface area contributed by atoms with E-state index in [1.165, 1.54) is 62.9 Å². The molecular formula is C28H34F3N5O2. The van der Waals surface area contributed by atoms with Crippen molar-refractivity contribution in [2.75, 3.05) is 12.4 Å². The maximum atomic E-state index is 13.7. The zero-order valence-corrected chi connectivity index (χ0v) is 21.4. The SMILES string of the molecule is CN(Cc1ccc(NC(=C/N)/C(=N/c2ccccn2)C(F)(F)F)cc1)C(=C1CC1)C1CCCCC1.O=CO. The topological polar surface area (TPSA) is 104 Å². The molecule has 1 aromatic heterocycles. The van der Waals surface area contributed by atoms with Gasteiger partial charge in [-0.3, -0.25) is 4.79 Å². The van der Waals surface area contributed by atoms with Gasteiger partial charge in [-0.15, -0.1) is 0 Å². The molecule has 4 rings (SSSR count). The lowest BCUT2D eigenvalue weighted by Gasteiger charge is -2.32. The highest BCUT2D eigenvalue weighted by Gasteiger charge is 2.38. The molecular weight excluding hydrogens is 495 g/mol. The summed E-state index contributed by atoms with van der Waals surface area (Å²) < 4.78 is 41.2. The lowest BCUT2D eigenvalue weighted by atomic mass is 9.86. The minimum atomic E-state index is -4.70. The number of anilines is 1. The molecule has 2 saturated carbocycles. The lowest BCUT2D eigenvalue weighted by molar-refractivity contribution is -0.122. The summed E-state index contributed by atoms with van der Waals surface area (Å²) in [5.41, 5.74) is 8.81. The molecule has 2 aliphatic carbocycles. The molecule has 2 fully saturated rings. The second kappa shape index (κ2) is 13.6. The Morgan fingerprint density at radius 3 is 2.34 bits per heavy atom. The van der Waals surface area contributed by atoms with Crippen LogP contribution in [0, 0.1) is 5.92 Å². The van der Waals surface area contributed by atoms with Crippen molar-refractivity contribution in [2.45, 2.75) is 57.7 Å². The van der Waals surface area contributed by atoms with Gasteiger partial charge in [0.15, 0.2) is 11.5 Å². The van der Waals surface area contributed by atoms with Crippen LogP contribution in [0.15, 0.2) is 76.8 Å². The molecule has 0 unspecified atom stereocenters. The first-order valence-corrected chi connectivity index (χ1v) is 12.6. The maximum absolute atomic E-state index is 13.7. The number of alkyl halides is 3. The van der Waals surface area contributed by atoms with Crippen molar-refractivity contribution in [3.63, 3.8) is 0 Å². The first kappa shape index (κ1) is 28.7. The second-order valence-electron chi connectivity index (χ2n) is 9.33. The Morgan fingerprint density at radius 1 is 1.16 bits per heavy atom. The van der Waals surface area contributed by atoms with E-state index in [0.717, 1.165) is 18.3 Å². The average molecular weight is 530 g/mol. The largest absolute Gasteiger partial charge is 0.483 e. The number of aromatic nitrogens is 1. The van der Waals surface area contributed by atoms with E-state index in [1.54, 1.807) is 29.8 Å². The first-order chi connectivity index (χ1) is 18.3. The fraction of sp³-hybridized carbons (Fsp3) is 0.393. The van der Waals surface area contributed by atoms with Crippen molar-refractivity contribution in [1.29, 1.82) is 0 Å². The molecule has 1 aromatic carbocycles. The van der Waals surface area contributed by atoms with E-state index < -0.39 is 11.9 Å². The number of aliphatic imine (C=N–C) groups is 1. The molecule has 2 aliphatic rings. The third-order valence-corrected chi connectivity index (χ3v) is 6.48. The van der Waals surface area contributed by atoms with E-state index >= 15 is 0 Å². The van der Waals surface area contributed by atoms with E-state index in [-0.39, 0.29) is 18.0 Å². The number of nitrogens with zero attached hydrogens (tertiary/aromatic N) is 3. The number of pyridine rings is 1. The number of rotatable bonds is 8. The predicted octanol–water partition coefficient (Wildman–Crippen LogP) is 6.39. The normalized spacial score (nSPS) is 16.3. The Balaban J connectivity index is 0.00000127. The van der Waals surface area contributed by atoms with Gasteiger partial charge in [-0.05, 0) is 61.4 Å². The number of nitrogens with two attached hydrogens (primary N) is 1. The average Bonchev–Trinajstić information content (AvgIpc) is 3.73. The molecule has 0 amide bonds. The van der Waals surface area contributed by atoms with E-state index in [4.69, 9.17) is 15.6 Å². The summed E-state index contributed by atoms with van der Waals surface area (Å²) in [5.74, 6) is 0.613. The fourth-order valence-corrected chi connectivity index (χ4v) is 4.76. The molecule has 1 heterocycles. The van der Waals surface area contributed by atoms with Crippen LogP contribution in [0.2, 0.25) is 0 Å². The number of carboxylic acid groups (broad SMARTS) is 1. The van der Waals surface area contributed by atoms with Gasteiger partial charge in [0.1, 0.15) is 0 Å². The Bertz CT molecular complexity index is 1130. The Labute approximate surface area is 221 Å². The highest BCUT2D eigenvalue weighted by Crippen LogP contribution is 2.41. The van der Waals surface area contributed by atoms with Crippen molar-refractivity contribution in [3.05, 3.63) is 77.4 Å². The minimum absolute atomic E-state index is 0.0436. The Kier molecular flexibility index (Phi) is 10.3. The van der Waals surface area contributed by atoms with Crippen LogP contribution in [-0.4, -0.2) is 40.4 Å². The summed E-state index contributed by atoms with van der Waals surface area (Å²) in [6.07, 6.45) is 6.44. The number of hydrogen-bond donors (Lipinski definition) is 3. The van der Waals surface area contributed by atoms with Crippen LogP contribution in [0.4, 0.5) is 24.7 Å². The molecule has 38 heavy (non-hydrogen) atoms. The van der Waals surface area contributed by atoms with E-state index in [0.29, 0.717) is 11.6 Å². The van der Waals surface area contributed by atoms with Gasteiger partial charge in [0.2, 0.25) is 0 Å². The second-order valence-corrected chi connectivity index (χ2v) is 9.33. The number of carbonyl (C=O) groups is 1. The van der Waals surface area contributed by atoms with Gasteiger partial charge in [-0.2, -0.15) is 13.2 Å². The maximum Gasteiger partial charge on any atom is 0.435 e. The van der Waals surface area contributed by atoms with Crippen LogP contribution >= 0.6 is 0 Å². The van der Waals surface area contributed by atoms with Crippen LogP contribution < -0.4 is 11.1 Å². The van der Waals surface area contributed by atoms with Crippen molar-refractivity contribution in [2.24, 2.45) is 16.6 Å². The smallest absolute Gasteiger partial charge is 0.435 e. The van der Waals surface area contributed by atoms with E-state index in [9.17, 15) is 13.2 Å². The van der Waals surface area contributed by atoms with Crippen molar-refractivity contribution < 1.29 is 23.1 Å². The van der Waals surface area contributed by atoms with Crippen LogP contribution in [0.5, 0.6) is 0 Å². The molecule has 0 bridgehead atoms. The zero-order valence-electron chi connectivity index (χ0n) is 21.4. The molecule has 204 valence electrons. The molecule has 4 N–H and O–H groups in total. The number of halogens is 3. The van der Waals surface area contributed by atoms with Crippen LogP contribution in [0.3, 0.4) is 0 Å². The summed E-state index contributed by atoms with van der Waals surface area (Å²) in [6, 6.07) is 12.0. The molecule has 0 radical (unpaired) electrons. The fourth-order valence-electron chi connectivity index (χ4n) is 4.76. The monoisotopic (exact) mass is 529 g/mol. The quantitative estimate of drug-likeness (QED) is 0.270. The van der Waals surface area contributed by atoms with E-state index in [1.807, 2.05) is 12.1 Å².